The molecule has 0 saturated carbocycles. The number of sulfonamides is 1. The molecular formula is C30H33ClN4O4S. The van der Waals surface area contributed by atoms with Crippen molar-refractivity contribution in [3.63, 3.8) is 0 Å². The van der Waals surface area contributed by atoms with E-state index in [1.807, 2.05) is 45.0 Å². The molecule has 8 nitrogen and oxygen atoms in total. The average molecular weight is 581 g/mol. The minimum absolute atomic E-state index is 0.0156. The van der Waals surface area contributed by atoms with Crippen molar-refractivity contribution < 1.29 is 17.7 Å². The van der Waals surface area contributed by atoms with E-state index >= 15 is 0 Å². The number of aromatic nitrogens is 2. The fraction of sp³-hybridized carbons (Fsp3) is 0.300. The summed E-state index contributed by atoms with van der Waals surface area (Å²) in [6.45, 7) is 9.09. The summed E-state index contributed by atoms with van der Waals surface area (Å²) in [5.41, 5.74) is 4.46. The maximum atomic E-state index is 13.9. The third-order valence-electron chi connectivity index (χ3n) is 6.37. The second-order valence-corrected chi connectivity index (χ2v) is 12.6. The van der Waals surface area contributed by atoms with Gasteiger partial charge in [0.2, 0.25) is 21.8 Å². The second-order valence-electron chi connectivity index (χ2n) is 10.3. The van der Waals surface area contributed by atoms with Gasteiger partial charge in [-0.1, -0.05) is 72.6 Å². The van der Waals surface area contributed by atoms with Gasteiger partial charge in [-0.15, -0.1) is 0 Å². The molecule has 3 aromatic carbocycles. The number of hydrogen-bond acceptors (Lipinski definition) is 6. The predicted molar refractivity (Wildman–Crippen MR) is 156 cm³/mol. The molecule has 0 aliphatic heterocycles. The molecule has 1 amide bonds. The van der Waals surface area contributed by atoms with E-state index in [1.165, 1.54) is 4.31 Å². The monoisotopic (exact) mass is 580 g/mol. The van der Waals surface area contributed by atoms with E-state index < -0.39 is 15.9 Å². The highest BCUT2D eigenvalue weighted by molar-refractivity contribution is 7.89. The van der Waals surface area contributed by atoms with Crippen LogP contribution in [0.1, 0.15) is 59.3 Å². The summed E-state index contributed by atoms with van der Waals surface area (Å²) in [6, 6.07) is 17.8. The number of benzene rings is 3. The van der Waals surface area contributed by atoms with Gasteiger partial charge in [-0.25, -0.2) is 8.42 Å². The predicted octanol–water partition coefficient (Wildman–Crippen LogP) is 6.19. The van der Waals surface area contributed by atoms with E-state index in [9.17, 15) is 13.2 Å². The number of aryl methyl sites for hydroxylation is 3. The molecule has 10 heteroatoms. The zero-order chi connectivity index (χ0) is 29.0. The zero-order valence-electron chi connectivity index (χ0n) is 23.2. The van der Waals surface area contributed by atoms with Crippen LogP contribution in [0.3, 0.4) is 0 Å². The van der Waals surface area contributed by atoms with E-state index in [0.29, 0.717) is 40.0 Å². The summed E-state index contributed by atoms with van der Waals surface area (Å²) in [4.78, 5) is 17.8. The van der Waals surface area contributed by atoms with Gasteiger partial charge in [0.15, 0.2) is 5.82 Å². The zero-order valence-corrected chi connectivity index (χ0v) is 24.8. The van der Waals surface area contributed by atoms with Crippen LogP contribution in [0.4, 0.5) is 5.69 Å². The standard InChI is InChI=1S/C30H33ClN4O4S/c1-19(2)30-33-27(34-39-30)16-23-8-12-26(13-9-23)32-28(36)18-35(17-24-6-10-25(31)11-7-24)40(37,38)29-21(4)14-20(3)15-22(29)5/h6-15,19H,16-18H2,1-5H3,(H,32,36). The summed E-state index contributed by atoms with van der Waals surface area (Å²) in [5.74, 6) is 0.881. The molecule has 0 radical (unpaired) electrons. The molecule has 0 atom stereocenters. The van der Waals surface area contributed by atoms with Crippen molar-refractivity contribution in [2.75, 3.05) is 11.9 Å². The van der Waals surface area contributed by atoms with Gasteiger partial charge in [0, 0.05) is 29.6 Å². The Morgan fingerprint density at radius 3 is 2.15 bits per heavy atom. The largest absolute Gasteiger partial charge is 0.339 e. The van der Waals surface area contributed by atoms with Gasteiger partial charge in [0.25, 0.3) is 0 Å². The Morgan fingerprint density at radius 2 is 1.57 bits per heavy atom. The average Bonchev–Trinajstić information content (AvgIpc) is 3.34. The van der Waals surface area contributed by atoms with Crippen molar-refractivity contribution in [2.45, 2.75) is 58.4 Å². The van der Waals surface area contributed by atoms with Crippen LogP contribution in [0.15, 0.2) is 70.1 Å². The summed E-state index contributed by atoms with van der Waals surface area (Å²) in [5, 5.41) is 7.38. The van der Waals surface area contributed by atoms with E-state index in [2.05, 4.69) is 15.5 Å². The van der Waals surface area contributed by atoms with E-state index in [4.69, 9.17) is 16.1 Å². The van der Waals surface area contributed by atoms with Gasteiger partial charge in [0.1, 0.15) is 0 Å². The number of halogens is 1. The fourth-order valence-corrected chi connectivity index (χ4v) is 6.47. The van der Waals surface area contributed by atoms with E-state index in [0.717, 1.165) is 16.7 Å². The lowest BCUT2D eigenvalue weighted by molar-refractivity contribution is -0.116. The molecule has 1 aromatic heterocycles. The fourth-order valence-electron chi connectivity index (χ4n) is 4.55. The highest BCUT2D eigenvalue weighted by atomic mass is 35.5. The number of amides is 1. The van der Waals surface area contributed by atoms with Crippen LogP contribution in [0.25, 0.3) is 0 Å². The first-order valence-electron chi connectivity index (χ1n) is 13.0. The maximum Gasteiger partial charge on any atom is 0.244 e. The molecule has 0 bridgehead atoms. The molecule has 4 rings (SSSR count). The first-order chi connectivity index (χ1) is 18.9. The Morgan fingerprint density at radius 1 is 0.975 bits per heavy atom. The number of hydrogen-bond donors (Lipinski definition) is 1. The number of carbonyl (C=O) groups is 1. The molecule has 1 heterocycles. The molecular weight excluding hydrogens is 548 g/mol. The van der Waals surface area contributed by atoms with Crippen molar-refractivity contribution in [1.29, 1.82) is 0 Å². The third-order valence-corrected chi connectivity index (χ3v) is 8.72. The molecule has 0 saturated heterocycles. The van der Waals surface area contributed by atoms with Crippen molar-refractivity contribution in [3.8, 4) is 0 Å². The van der Waals surface area contributed by atoms with E-state index in [-0.39, 0.29) is 23.9 Å². The number of nitrogens with zero attached hydrogens (tertiary/aromatic N) is 3. The van der Waals surface area contributed by atoms with Crippen molar-refractivity contribution in [1.82, 2.24) is 14.4 Å². The summed E-state index contributed by atoms with van der Waals surface area (Å²) >= 11 is 6.03. The second kappa shape index (κ2) is 12.3. The Kier molecular flexibility index (Phi) is 9.08. The Labute approximate surface area is 240 Å². The maximum absolute atomic E-state index is 13.9. The highest BCUT2D eigenvalue weighted by Gasteiger charge is 2.30. The van der Waals surface area contributed by atoms with Crippen LogP contribution in [-0.2, 0) is 27.8 Å². The molecule has 0 aliphatic rings. The molecule has 0 fully saturated rings. The Hall–Kier alpha value is -3.53. The van der Waals surface area contributed by atoms with Crippen LogP contribution < -0.4 is 5.32 Å². The first-order valence-corrected chi connectivity index (χ1v) is 14.8. The highest BCUT2D eigenvalue weighted by Crippen LogP contribution is 2.27. The summed E-state index contributed by atoms with van der Waals surface area (Å²) in [7, 11) is -4.00. The number of nitrogens with one attached hydrogen (secondary N) is 1. The van der Waals surface area contributed by atoms with Gasteiger partial charge in [0.05, 0.1) is 11.4 Å². The first kappa shape index (κ1) is 29.5. The van der Waals surface area contributed by atoms with Crippen molar-refractivity contribution in [2.24, 2.45) is 0 Å². The summed E-state index contributed by atoms with van der Waals surface area (Å²) < 4.78 is 34.3. The van der Waals surface area contributed by atoms with Gasteiger partial charge in [-0.3, -0.25) is 4.79 Å². The quantitative estimate of drug-likeness (QED) is 0.240. The molecule has 4 aromatic rings. The minimum Gasteiger partial charge on any atom is -0.339 e. The van der Waals surface area contributed by atoms with Gasteiger partial charge in [-0.05, 0) is 67.3 Å². The molecule has 0 aliphatic carbocycles. The SMILES string of the molecule is Cc1cc(C)c(S(=O)(=O)N(CC(=O)Nc2ccc(Cc3noc(C(C)C)n3)cc2)Cc2ccc(Cl)cc2)c(C)c1. The van der Waals surface area contributed by atoms with Crippen LogP contribution in [0, 0.1) is 20.8 Å². The van der Waals surface area contributed by atoms with E-state index in [1.54, 1.807) is 50.2 Å². The topological polar surface area (TPSA) is 105 Å². The normalized spacial score (nSPS) is 11.8. The lowest BCUT2D eigenvalue weighted by Crippen LogP contribution is -2.38. The number of carbonyl (C=O) groups excluding carboxylic acids is 1. The molecule has 210 valence electrons. The number of anilines is 1. The number of rotatable bonds is 10. The summed E-state index contributed by atoms with van der Waals surface area (Å²) in [6.07, 6.45) is 0.493. The minimum atomic E-state index is -4.00. The lowest BCUT2D eigenvalue weighted by Gasteiger charge is -2.24. The van der Waals surface area contributed by atoms with Crippen molar-refractivity contribution >= 4 is 33.2 Å². The molecule has 1 N–H and O–H groups in total. The molecule has 40 heavy (non-hydrogen) atoms. The van der Waals surface area contributed by atoms with Crippen LogP contribution in [0.2, 0.25) is 5.02 Å². The van der Waals surface area contributed by atoms with Crippen LogP contribution in [0.5, 0.6) is 0 Å². The Balaban J connectivity index is 1.52. The van der Waals surface area contributed by atoms with Gasteiger partial charge in [-0.2, -0.15) is 9.29 Å². The lowest BCUT2D eigenvalue weighted by atomic mass is 10.1. The third kappa shape index (κ3) is 7.15. The Bertz CT molecular complexity index is 1570. The van der Waals surface area contributed by atoms with Crippen molar-refractivity contribution in [3.05, 3.63) is 105 Å². The molecule has 0 unspecified atom stereocenters. The smallest absolute Gasteiger partial charge is 0.244 e. The van der Waals surface area contributed by atoms with Gasteiger partial charge < -0.3 is 9.84 Å². The molecule has 0 spiro atoms. The van der Waals surface area contributed by atoms with Gasteiger partial charge >= 0.3 is 0 Å². The van der Waals surface area contributed by atoms with Crippen LogP contribution >= 0.6 is 11.6 Å². The van der Waals surface area contributed by atoms with Crippen LogP contribution in [-0.4, -0.2) is 35.3 Å².